The van der Waals surface area contributed by atoms with E-state index in [4.69, 9.17) is 5.11 Å². The number of carboxylic acids is 1. The van der Waals surface area contributed by atoms with Crippen LogP contribution in [0.25, 0.3) is 0 Å². The number of benzene rings is 1. The number of Topliss-reactive ketones (excluding diaryl/α,β-unsaturated/α-hetero) is 1. The maximum absolute atomic E-state index is 11.1. The van der Waals surface area contributed by atoms with Gasteiger partial charge in [-0.25, -0.2) is 0 Å². The van der Waals surface area contributed by atoms with Gasteiger partial charge < -0.3 is 5.11 Å². The fourth-order valence-electron chi connectivity index (χ4n) is 0.863. The first-order valence-electron chi connectivity index (χ1n) is 3.50. The third-order valence-electron chi connectivity index (χ3n) is 1.41. The predicted octanol–water partition coefficient (Wildman–Crippen LogP) is 1.34. The Hall–Kier alpha value is -1.15. The van der Waals surface area contributed by atoms with Crippen molar-refractivity contribution in [2.75, 3.05) is 0 Å². The summed E-state index contributed by atoms with van der Waals surface area (Å²) in [6, 6.07) is 8.39. The van der Waals surface area contributed by atoms with Crippen molar-refractivity contribution in [3.05, 3.63) is 35.9 Å². The van der Waals surface area contributed by atoms with Gasteiger partial charge >= 0.3 is 5.97 Å². The molecule has 0 aromatic heterocycles. The molecule has 1 rings (SSSR count). The summed E-state index contributed by atoms with van der Waals surface area (Å²) < 4.78 is 0. The van der Waals surface area contributed by atoms with Crippen LogP contribution in [-0.4, -0.2) is 16.9 Å². The van der Waals surface area contributed by atoms with E-state index in [9.17, 15) is 9.59 Å². The summed E-state index contributed by atoms with van der Waals surface area (Å²) in [4.78, 5) is 21.2. The average Bonchev–Trinajstić information content (AvgIpc) is 2.05. The van der Waals surface area contributed by atoms with Gasteiger partial charge in [0.2, 0.25) is 0 Å². The summed E-state index contributed by atoms with van der Waals surface area (Å²) in [5, 5.41) is 8.32. The number of hydrogen-bond donors (Lipinski definition) is 1. The van der Waals surface area contributed by atoms with Gasteiger partial charge in [-0.1, -0.05) is 30.3 Å². The van der Waals surface area contributed by atoms with Crippen LogP contribution in [0.2, 0.25) is 0 Å². The van der Waals surface area contributed by atoms with Crippen molar-refractivity contribution in [1.29, 1.82) is 0 Å². The Kier molecular flexibility index (Phi) is 5.01. The van der Waals surface area contributed by atoms with Gasteiger partial charge in [-0.2, -0.15) is 0 Å². The third kappa shape index (κ3) is 3.86. The molecule has 0 fully saturated rings. The Balaban J connectivity index is 0.00000144. The molecule has 13 heavy (non-hydrogen) atoms. The molecule has 1 aromatic rings. The molecule has 0 heterocycles. The molecule has 0 amide bonds. The van der Waals surface area contributed by atoms with E-state index in [2.05, 4.69) is 0 Å². The molecule has 4 heteroatoms. The van der Waals surface area contributed by atoms with Crippen molar-refractivity contribution >= 4 is 11.8 Å². The van der Waals surface area contributed by atoms with E-state index in [-0.39, 0.29) is 22.3 Å². The molecule has 0 saturated heterocycles. The SMILES string of the molecule is O=C(O)CC(=O)c1ccccc1.[Ni]. The van der Waals surface area contributed by atoms with Gasteiger partial charge in [-0.15, -0.1) is 0 Å². The minimum atomic E-state index is -1.09. The number of carbonyl (C=O) groups is 2. The van der Waals surface area contributed by atoms with Gasteiger partial charge in [0.05, 0.1) is 0 Å². The molecule has 0 aliphatic heterocycles. The van der Waals surface area contributed by atoms with Gasteiger partial charge in [0.25, 0.3) is 0 Å². The maximum atomic E-state index is 11.1. The van der Waals surface area contributed by atoms with E-state index >= 15 is 0 Å². The minimum Gasteiger partial charge on any atom is -0.481 e. The van der Waals surface area contributed by atoms with Crippen LogP contribution in [0, 0.1) is 0 Å². The fourth-order valence-corrected chi connectivity index (χ4v) is 0.863. The van der Waals surface area contributed by atoms with E-state index in [1.807, 2.05) is 0 Å². The second-order valence-electron chi connectivity index (χ2n) is 2.36. The Bertz CT molecular complexity index is 295. The van der Waals surface area contributed by atoms with Crippen LogP contribution < -0.4 is 0 Å². The molecule has 0 saturated carbocycles. The van der Waals surface area contributed by atoms with Crippen molar-refractivity contribution in [2.24, 2.45) is 0 Å². The van der Waals surface area contributed by atoms with Crippen molar-refractivity contribution < 1.29 is 31.2 Å². The molecule has 72 valence electrons. The molecular weight excluding hydrogens is 215 g/mol. The van der Waals surface area contributed by atoms with Gasteiger partial charge in [0, 0.05) is 22.1 Å². The quantitative estimate of drug-likeness (QED) is 0.477. The smallest absolute Gasteiger partial charge is 0.311 e. The summed E-state index contributed by atoms with van der Waals surface area (Å²) in [6.45, 7) is 0. The van der Waals surface area contributed by atoms with E-state index in [0.717, 1.165) is 0 Å². The number of hydrogen-bond acceptors (Lipinski definition) is 2. The van der Waals surface area contributed by atoms with Crippen molar-refractivity contribution in [2.45, 2.75) is 6.42 Å². The number of rotatable bonds is 3. The summed E-state index contributed by atoms with van der Waals surface area (Å²) in [5.41, 5.74) is 0.444. The van der Waals surface area contributed by atoms with E-state index in [1.165, 1.54) is 0 Å². The average molecular weight is 223 g/mol. The number of carbonyl (C=O) groups excluding carboxylic acids is 1. The summed E-state index contributed by atoms with van der Waals surface area (Å²) in [6.07, 6.45) is -0.440. The zero-order valence-corrected chi connectivity index (χ0v) is 7.66. The van der Waals surface area contributed by atoms with Crippen molar-refractivity contribution in [1.82, 2.24) is 0 Å². The summed E-state index contributed by atoms with van der Waals surface area (Å²) >= 11 is 0. The normalized spacial score (nSPS) is 8.62. The van der Waals surface area contributed by atoms with Gasteiger partial charge in [-0.3, -0.25) is 9.59 Å². The van der Waals surface area contributed by atoms with Gasteiger partial charge in [0.15, 0.2) is 5.78 Å². The zero-order chi connectivity index (χ0) is 8.97. The largest absolute Gasteiger partial charge is 0.481 e. The van der Waals surface area contributed by atoms with Crippen LogP contribution in [0.3, 0.4) is 0 Å². The number of ketones is 1. The predicted molar refractivity (Wildman–Crippen MR) is 43.0 cm³/mol. The van der Waals surface area contributed by atoms with Crippen molar-refractivity contribution in [3.8, 4) is 0 Å². The molecular formula is C9H8NiO3. The number of aliphatic carboxylic acids is 1. The van der Waals surface area contributed by atoms with Crippen LogP contribution in [0.15, 0.2) is 30.3 Å². The first kappa shape index (κ1) is 11.9. The van der Waals surface area contributed by atoms with Crippen LogP contribution >= 0.6 is 0 Å². The molecule has 0 aliphatic rings. The summed E-state index contributed by atoms with van der Waals surface area (Å²) in [5.74, 6) is -1.45. The van der Waals surface area contributed by atoms with Crippen molar-refractivity contribution in [3.63, 3.8) is 0 Å². The molecule has 0 atom stereocenters. The van der Waals surface area contributed by atoms with Crippen LogP contribution in [0.4, 0.5) is 0 Å². The topological polar surface area (TPSA) is 54.4 Å². The molecule has 0 unspecified atom stereocenters. The molecule has 0 bridgehead atoms. The van der Waals surface area contributed by atoms with Gasteiger partial charge in [0.1, 0.15) is 6.42 Å². The van der Waals surface area contributed by atoms with Crippen LogP contribution in [-0.2, 0) is 21.3 Å². The Morgan fingerprint density at radius 1 is 1.15 bits per heavy atom. The first-order chi connectivity index (χ1) is 5.70. The van der Waals surface area contributed by atoms with E-state index in [1.54, 1.807) is 30.3 Å². The number of carboxylic acid groups (broad SMARTS) is 1. The molecule has 0 radical (unpaired) electrons. The Labute approximate surface area is 85.7 Å². The molecule has 1 aromatic carbocycles. The second-order valence-corrected chi connectivity index (χ2v) is 2.36. The van der Waals surface area contributed by atoms with E-state index in [0.29, 0.717) is 5.56 Å². The van der Waals surface area contributed by atoms with Gasteiger partial charge in [-0.05, 0) is 0 Å². The first-order valence-corrected chi connectivity index (χ1v) is 3.50. The van der Waals surface area contributed by atoms with Crippen LogP contribution in [0.1, 0.15) is 16.8 Å². The van der Waals surface area contributed by atoms with Crippen LogP contribution in [0.5, 0.6) is 0 Å². The molecule has 0 spiro atoms. The minimum absolute atomic E-state index is 0. The standard InChI is InChI=1S/C9H8O3.Ni/c10-8(6-9(11)12)7-4-2-1-3-5-7;/h1-5H,6H2,(H,11,12);. The molecule has 1 N–H and O–H groups in total. The third-order valence-corrected chi connectivity index (χ3v) is 1.41. The zero-order valence-electron chi connectivity index (χ0n) is 6.67. The summed E-state index contributed by atoms with van der Waals surface area (Å²) in [7, 11) is 0. The Morgan fingerprint density at radius 3 is 2.15 bits per heavy atom. The molecule has 3 nitrogen and oxygen atoms in total. The van der Waals surface area contributed by atoms with E-state index < -0.39 is 12.4 Å². The Morgan fingerprint density at radius 2 is 1.69 bits per heavy atom. The fraction of sp³-hybridized carbons (Fsp3) is 0.111. The molecule has 0 aliphatic carbocycles. The maximum Gasteiger partial charge on any atom is 0.311 e. The second kappa shape index (κ2) is 5.49. The monoisotopic (exact) mass is 222 g/mol.